The van der Waals surface area contributed by atoms with Crippen molar-refractivity contribution >= 4 is 11.8 Å². The second-order valence-corrected chi connectivity index (χ2v) is 6.03. The zero-order valence-corrected chi connectivity index (χ0v) is 12.8. The molecule has 0 spiro atoms. The lowest BCUT2D eigenvalue weighted by Gasteiger charge is -2.37. The van der Waals surface area contributed by atoms with Crippen LogP contribution in [0.1, 0.15) is 23.2 Å². The van der Waals surface area contributed by atoms with E-state index in [9.17, 15) is 9.59 Å². The highest BCUT2D eigenvalue weighted by Gasteiger charge is 2.29. The molecule has 1 atom stereocenters. The van der Waals surface area contributed by atoms with Crippen molar-refractivity contribution in [1.29, 1.82) is 0 Å². The van der Waals surface area contributed by atoms with E-state index < -0.39 is 0 Å². The summed E-state index contributed by atoms with van der Waals surface area (Å²) in [5.74, 6) is 0.427. The number of amides is 2. The zero-order valence-electron chi connectivity index (χ0n) is 12.8. The predicted molar refractivity (Wildman–Crippen MR) is 84.5 cm³/mol. The second kappa shape index (κ2) is 6.92. The molecule has 3 rings (SSSR count). The number of piperidine rings is 1. The van der Waals surface area contributed by atoms with Gasteiger partial charge in [0.1, 0.15) is 0 Å². The van der Waals surface area contributed by atoms with Gasteiger partial charge in [-0.3, -0.25) is 9.59 Å². The molecule has 0 unspecified atom stereocenters. The first kappa shape index (κ1) is 15.0. The summed E-state index contributed by atoms with van der Waals surface area (Å²) in [6.45, 7) is 4.35. The number of nitrogens with zero attached hydrogens (tertiary/aromatic N) is 2. The third-order valence-corrected chi connectivity index (χ3v) is 4.55. The third kappa shape index (κ3) is 3.30. The highest BCUT2D eigenvalue weighted by atomic mass is 16.2. The largest absolute Gasteiger partial charge is 0.339 e. The molecule has 2 heterocycles. The van der Waals surface area contributed by atoms with Crippen molar-refractivity contribution in [2.24, 2.45) is 5.92 Å². The monoisotopic (exact) mass is 301 g/mol. The van der Waals surface area contributed by atoms with Gasteiger partial charge in [0.05, 0.1) is 5.92 Å². The lowest BCUT2D eigenvalue weighted by atomic mass is 9.98. The fourth-order valence-corrected chi connectivity index (χ4v) is 3.21. The first-order chi connectivity index (χ1) is 10.8. The molecule has 0 aromatic heterocycles. The fourth-order valence-electron chi connectivity index (χ4n) is 3.21. The lowest BCUT2D eigenvalue weighted by Crippen LogP contribution is -2.53. The van der Waals surface area contributed by atoms with E-state index >= 15 is 0 Å². The molecule has 5 nitrogen and oxygen atoms in total. The van der Waals surface area contributed by atoms with Gasteiger partial charge in [0.2, 0.25) is 5.91 Å². The summed E-state index contributed by atoms with van der Waals surface area (Å²) in [6.07, 6.45) is 2.05. The number of hydrogen-bond acceptors (Lipinski definition) is 3. The molecule has 118 valence electrons. The number of hydrogen-bond donors (Lipinski definition) is 1. The Morgan fingerprint density at radius 2 is 1.68 bits per heavy atom. The van der Waals surface area contributed by atoms with Crippen LogP contribution in [0.15, 0.2) is 30.3 Å². The van der Waals surface area contributed by atoms with E-state index in [1.54, 1.807) is 0 Å². The average Bonchev–Trinajstić information content (AvgIpc) is 2.62. The molecule has 0 aliphatic carbocycles. The minimum absolute atomic E-state index is 0.0621. The van der Waals surface area contributed by atoms with Crippen LogP contribution in [-0.4, -0.2) is 60.9 Å². The molecule has 0 saturated carbocycles. The standard InChI is InChI=1S/C17H23N3O2/c21-16(14-5-2-1-3-6-14)19-9-11-20(12-10-19)17(22)15-7-4-8-18-13-15/h1-3,5-6,15,18H,4,7-13H2/t15-/m1/s1. The molecule has 2 fully saturated rings. The maximum Gasteiger partial charge on any atom is 0.253 e. The Labute approximate surface area is 131 Å². The summed E-state index contributed by atoms with van der Waals surface area (Å²) in [7, 11) is 0. The Balaban J connectivity index is 1.54. The molecule has 0 radical (unpaired) electrons. The van der Waals surface area contributed by atoms with E-state index in [1.165, 1.54) is 0 Å². The molecule has 2 amide bonds. The van der Waals surface area contributed by atoms with E-state index in [2.05, 4.69) is 5.32 Å². The van der Waals surface area contributed by atoms with E-state index in [0.717, 1.165) is 31.5 Å². The summed E-state index contributed by atoms with van der Waals surface area (Å²) in [6, 6.07) is 9.35. The minimum atomic E-state index is 0.0621. The summed E-state index contributed by atoms with van der Waals surface area (Å²) in [4.78, 5) is 28.6. The smallest absolute Gasteiger partial charge is 0.253 e. The maximum atomic E-state index is 12.5. The van der Waals surface area contributed by atoms with Crippen molar-refractivity contribution in [2.75, 3.05) is 39.3 Å². The second-order valence-electron chi connectivity index (χ2n) is 6.03. The summed E-state index contributed by atoms with van der Waals surface area (Å²) < 4.78 is 0. The van der Waals surface area contributed by atoms with E-state index in [1.807, 2.05) is 40.1 Å². The number of carbonyl (C=O) groups is 2. The van der Waals surface area contributed by atoms with Gasteiger partial charge in [-0.15, -0.1) is 0 Å². The number of carbonyl (C=O) groups excluding carboxylic acids is 2. The van der Waals surface area contributed by atoms with Crippen LogP contribution in [0.25, 0.3) is 0 Å². The molecule has 1 aromatic rings. The lowest BCUT2D eigenvalue weighted by molar-refractivity contribution is -0.137. The highest BCUT2D eigenvalue weighted by molar-refractivity contribution is 5.94. The van der Waals surface area contributed by atoms with Gasteiger partial charge in [-0.05, 0) is 31.5 Å². The van der Waals surface area contributed by atoms with E-state index in [-0.39, 0.29) is 17.7 Å². The van der Waals surface area contributed by atoms with Crippen molar-refractivity contribution in [3.63, 3.8) is 0 Å². The van der Waals surface area contributed by atoms with Crippen LogP contribution in [-0.2, 0) is 4.79 Å². The Kier molecular flexibility index (Phi) is 4.73. The molecule has 2 aliphatic rings. The van der Waals surface area contributed by atoms with Crippen LogP contribution in [0, 0.1) is 5.92 Å². The SMILES string of the molecule is O=C(c1ccccc1)N1CCN(C(=O)[C@@H]2CCCNC2)CC1. The zero-order chi connectivity index (χ0) is 15.4. The van der Waals surface area contributed by atoms with Crippen LogP contribution in [0.3, 0.4) is 0 Å². The van der Waals surface area contributed by atoms with Crippen molar-refractivity contribution in [3.8, 4) is 0 Å². The van der Waals surface area contributed by atoms with Gasteiger partial charge in [-0.1, -0.05) is 18.2 Å². The Morgan fingerprint density at radius 3 is 2.32 bits per heavy atom. The topological polar surface area (TPSA) is 52.7 Å². The van der Waals surface area contributed by atoms with Gasteiger partial charge >= 0.3 is 0 Å². The van der Waals surface area contributed by atoms with Crippen LogP contribution in [0.4, 0.5) is 0 Å². The third-order valence-electron chi connectivity index (χ3n) is 4.55. The van der Waals surface area contributed by atoms with Crippen LogP contribution in [0.5, 0.6) is 0 Å². The fraction of sp³-hybridized carbons (Fsp3) is 0.529. The van der Waals surface area contributed by atoms with Gasteiger partial charge in [0.15, 0.2) is 0 Å². The first-order valence-electron chi connectivity index (χ1n) is 8.09. The van der Waals surface area contributed by atoms with Crippen molar-refractivity contribution in [2.45, 2.75) is 12.8 Å². The average molecular weight is 301 g/mol. The van der Waals surface area contributed by atoms with Crippen molar-refractivity contribution in [1.82, 2.24) is 15.1 Å². The highest BCUT2D eigenvalue weighted by Crippen LogP contribution is 2.16. The van der Waals surface area contributed by atoms with Crippen LogP contribution in [0.2, 0.25) is 0 Å². The normalized spacial score (nSPS) is 22.5. The molecular weight excluding hydrogens is 278 g/mol. The molecule has 22 heavy (non-hydrogen) atoms. The van der Waals surface area contributed by atoms with Crippen molar-refractivity contribution in [3.05, 3.63) is 35.9 Å². The minimum Gasteiger partial charge on any atom is -0.339 e. The summed E-state index contributed by atoms with van der Waals surface area (Å²) >= 11 is 0. The quantitative estimate of drug-likeness (QED) is 0.885. The molecular formula is C17H23N3O2. The van der Waals surface area contributed by atoms with Gasteiger partial charge in [-0.25, -0.2) is 0 Å². The van der Waals surface area contributed by atoms with Gasteiger partial charge in [-0.2, -0.15) is 0 Å². The molecule has 5 heteroatoms. The Hall–Kier alpha value is -1.88. The van der Waals surface area contributed by atoms with Crippen LogP contribution >= 0.6 is 0 Å². The number of benzene rings is 1. The molecule has 1 N–H and O–H groups in total. The number of rotatable bonds is 2. The molecule has 2 saturated heterocycles. The Bertz CT molecular complexity index is 518. The Morgan fingerprint density at radius 1 is 1.00 bits per heavy atom. The van der Waals surface area contributed by atoms with Crippen LogP contribution < -0.4 is 5.32 Å². The predicted octanol–water partition coefficient (Wildman–Crippen LogP) is 0.971. The van der Waals surface area contributed by atoms with E-state index in [0.29, 0.717) is 26.2 Å². The number of nitrogens with one attached hydrogen (secondary N) is 1. The van der Waals surface area contributed by atoms with E-state index in [4.69, 9.17) is 0 Å². The van der Waals surface area contributed by atoms with Gasteiger partial charge in [0.25, 0.3) is 5.91 Å². The summed E-state index contributed by atoms with van der Waals surface area (Å²) in [5.41, 5.74) is 0.721. The maximum absolute atomic E-state index is 12.5. The first-order valence-corrected chi connectivity index (χ1v) is 8.09. The molecule has 0 bridgehead atoms. The molecule has 1 aromatic carbocycles. The van der Waals surface area contributed by atoms with Gasteiger partial charge < -0.3 is 15.1 Å². The molecule has 2 aliphatic heterocycles. The van der Waals surface area contributed by atoms with Gasteiger partial charge in [0, 0.05) is 38.3 Å². The van der Waals surface area contributed by atoms with Crippen molar-refractivity contribution < 1.29 is 9.59 Å². The summed E-state index contributed by atoms with van der Waals surface area (Å²) in [5, 5.41) is 3.29. The number of piperazine rings is 1.